The van der Waals surface area contributed by atoms with Crippen LogP contribution >= 0.6 is 0 Å². The molecule has 7 nitrogen and oxygen atoms in total. The van der Waals surface area contributed by atoms with Crippen molar-refractivity contribution < 1.29 is 9.53 Å². The molecule has 3 aromatic heterocycles. The summed E-state index contributed by atoms with van der Waals surface area (Å²) in [5, 5.41) is 6.97. The molecule has 0 atom stereocenters. The van der Waals surface area contributed by atoms with Crippen LogP contribution in [0.1, 0.15) is 17.3 Å². The van der Waals surface area contributed by atoms with E-state index < -0.39 is 0 Å². The highest BCUT2D eigenvalue weighted by Crippen LogP contribution is 2.20. The van der Waals surface area contributed by atoms with Crippen LogP contribution in [-0.2, 0) is 0 Å². The minimum Gasteiger partial charge on any atom is -0.477 e. The van der Waals surface area contributed by atoms with Crippen LogP contribution in [0.3, 0.4) is 0 Å². The molecule has 0 bridgehead atoms. The first-order valence-electron chi connectivity index (χ1n) is 7.13. The standard InChI is InChI=1S/C16H15N5O2/c1-2-23-16-12(6-3-9-18-16)15(22)20-13-7-4-8-17-14(13)21-11-5-10-19-21/h3-11H,2H2,1H3,(H,20,22). The van der Waals surface area contributed by atoms with E-state index in [4.69, 9.17) is 4.74 Å². The van der Waals surface area contributed by atoms with Crippen LogP contribution in [0.5, 0.6) is 5.88 Å². The first-order valence-corrected chi connectivity index (χ1v) is 7.13. The van der Waals surface area contributed by atoms with Crippen LogP contribution in [0.25, 0.3) is 5.82 Å². The number of aromatic nitrogens is 4. The van der Waals surface area contributed by atoms with Crippen molar-refractivity contribution in [1.29, 1.82) is 0 Å². The number of amides is 1. The molecule has 0 aliphatic carbocycles. The summed E-state index contributed by atoms with van der Waals surface area (Å²) in [6.07, 6.45) is 6.63. The summed E-state index contributed by atoms with van der Waals surface area (Å²) in [6, 6.07) is 8.65. The van der Waals surface area contributed by atoms with Gasteiger partial charge in [-0.1, -0.05) is 0 Å². The third-order valence-electron chi connectivity index (χ3n) is 3.05. The van der Waals surface area contributed by atoms with Crippen molar-refractivity contribution in [3.63, 3.8) is 0 Å². The van der Waals surface area contributed by atoms with Crippen molar-refractivity contribution in [2.75, 3.05) is 11.9 Å². The quantitative estimate of drug-likeness (QED) is 0.782. The first-order chi connectivity index (χ1) is 11.3. The molecule has 0 spiro atoms. The van der Waals surface area contributed by atoms with Gasteiger partial charge in [0.05, 0.1) is 12.3 Å². The zero-order valence-electron chi connectivity index (χ0n) is 12.5. The van der Waals surface area contributed by atoms with E-state index >= 15 is 0 Å². The van der Waals surface area contributed by atoms with Crippen LogP contribution < -0.4 is 10.1 Å². The molecular weight excluding hydrogens is 294 g/mol. The topological polar surface area (TPSA) is 81.9 Å². The Labute approximate surface area is 133 Å². The van der Waals surface area contributed by atoms with Crippen LogP contribution in [0, 0.1) is 0 Å². The molecule has 0 aromatic carbocycles. The van der Waals surface area contributed by atoms with Crippen LogP contribution in [0.4, 0.5) is 5.69 Å². The second-order valence-corrected chi connectivity index (χ2v) is 4.57. The van der Waals surface area contributed by atoms with Gasteiger partial charge in [0, 0.05) is 24.8 Å². The smallest absolute Gasteiger partial charge is 0.261 e. The van der Waals surface area contributed by atoms with Crippen molar-refractivity contribution in [2.45, 2.75) is 6.92 Å². The van der Waals surface area contributed by atoms with E-state index in [9.17, 15) is 4.79 Å². The maximum Gasteiger partial charge on any atom is 0.261 e. The van der Waals surface area contributed by atoms with Gasteiger partial charge in [-0.3, -0.25) is 4.79 Å². The third-order valence-corrected chi connectivity index (χ3v) is 3.05. The lowest BCUT2D eigenvalue weighted by Crippen LogP contribution is -2.16. The molecular formula is C16H15N5O2. The summed E-state index contributed by atoms with van der Waals surface area (Å²) in [7, 11) is 0. The second kappa shape index (κ2) is 6.69. The summed E-state index contributed by atoms with van der Waals surface area (Å²) in [4.78, 5) is 20.9. The van der Waals surface area contributed by atoms with Gasteiger partial charge >= 0.3 is 0 Å². The molecule has 1 amide bonds. The SMILES string of the molecule is CCOc1ncccc1C(=O)Nc1cccnc1-n1cccn1. The molecule has 0 aliphatic heterocycles. The number of carbonyl (C=O) groups excluding carboxylic acids is 1. The lowest BCUT2D eigenvalue weighted by Gasteiger charge is -2.11. The predicted octanol–water partition coefficient (Wildman–Crippen LogP) is 2.31. The first kappa shape index (κ1) is 14.7. The molecule has 0 saturated carbocycles. The van der Waals surface area contributed by atoms with Gasteiger partial charge in [0.25, 0.3) is 5.91 Å². The monoisotopic (exact) mass is 309 g/mol. The van der Waals surface area contributed by atoms with Crippen molar-refractivity contribution >= 4 is 11.6 Å². The molecule has 3 heterocycles. The van der Waals surface area contributed by atoms with E-state index in [1.807, 2.05) is 6.92 Å². The highest BCUT2D eigenvalue weighted by Gasteiger charge is 2.16. The highest BCUT2D eigenvalue weighted by molar-refractivity contribution is 6.06. The molecule has 1 N–H and O–H groups in total. The van der Waals surface area contributed by atoms with Crippen molar-refractivity contribution in [3.8, 4) is 11.7 Å². The van der Waals surface area contributed by atoms with Gasteiger partial charge in [-0.05, 0) is 37.3 Å². The Kier molecular flexibility index (Phi) is 4.28. The van der Waals surface area contributed by atoms with Gasteiger partial charge in [-0.25, -0.2) is 14.6 Å². The van der Waals surface area contributed by atoms with Gasteiger partial charge in [0.2, 0.25) is 5.88 Å². The van der Waals surface area contributed by atoms with E-state index in [0.29, 0.717) is 29.6 Å². The summed E-state index contributed by atoms with van der Waals surface area (Å²) in [5.41, 5.74) is 0.914. The second-order valence-electron chi connectivity index (χ2n) is 4.57. The Balaban J connectivity index is 1.90. The molecule has 0 radical (unpaired) electrons. The van der Waals surface area contributed by atoms with E-state index in [2.05, 4.69) is 20.4 Å². The minimum atomic E-state index is -0.317. The van der Waals surface area contributed by atoms with Crippen LogP contribution in [0.15, 0.2) is 55.1 Å². The number of hydrogen-bond acceptors (Lipinski definition) is 5. The molecule has 23 heavy (non-hydrogen) atoms. The van der Waals surface area contributed by atoms with Crippen molar-refractivity contribution in [1.82, 2.24) is 19.7 Å². The van der Waals surface area contributed by atoms with E-state index in [0.717, 1.165) is 0 Å². The molecule has 116 valence electrons. The van der Waals surface area contributed by atoms with Gasteiger partial charge < -0.3 is 10.1 Å². The van der Waals surface area contributed by atoms with Gasteiger partial charge in [0.15, 0.2) is 5.82 Å². The predicted molar refractivity (Wildman–Crippen MR) is 84.7 cm³/mol. The Morgan fingerprint density at radius 2 is 2.00 bits per heavy atom. The lowest BCUT2D eigenvalue weighted by molar-refractivity contribution is 0.102. The Hall–Kier alpha value is -3.22. The zero-order chi connectivity index (χ0) is 16.1. The molecule has 0 fully saturated rings. The van der Waals surface area contributed by atoms with Crippen molar-refractivity contribution in [3.05, 3.63) is 60.7 Å². The Morgan fingerprint density at radius 3 is 2.78 bits per heavy atom. The zero-order valence-corrected chi connectivity index (χ0v) is 12.5. The van der Waals surface area contributed by atoms with Gasteiger partial charge in [-0.15, -0.1) is 0 Å². The molecule has 0 saturated heterocycles. The van der Waals surface area contributed by atoms with Crippen molar-refractivity contribution in [2.24, 2.45) is 0 Å². The number of nitrogens with one attached hydrogen (secondary N) is 1. The minimum absolute atomic E-state index is 0.303. The maximum absolute atomic E-state index is 12.5. The number of rotatable bonds is 5. The fraction of sp³-hybridized carbons (Fsp3) is 0.125. The summed E-state index contributed by atoms with van der Waals surface area (Å²) >= 11 is 0. The average Bonchev–Trinajstić information content (AvgIpc) is 3.10. The number of nitrogens with zero attached hydrogens (tertiary/aromatic N) is 4. The third kappa shape index (κ3) is 3.18. The molecule has 7 heteroatoms. The summed E-state index contributed by atoms with van der Waals surface area (Å²) < 4.78 is 6.98. The molecule has 3 rings (SSSR count). The fourth-order valence-corrected chi connectivity index (χ4v) is 2.08. The number of anilines is 1. The molecule has 3 aromatic rings. The lowest BCUT2D eigenvalue weighted by atomic mass is 10.2. The number of ether oxygens (including phenoxy) is 1. The highest BCUT2D eigenvalue weighted by atomic mass is 16.5. The van der Waals surface area contributed by atoms with Gasteiger partial charge in [-0.2, -0.15) is 5.10 Å². The number of carbonyl (C=O) groups is 1. The van der Waals surface area contributed by atoms with Gasteiger partial charge in [0.1, 0.15) is 5.56 Å². The summed E-state index contributed by atoms with van der Waals surface area (Å²) in [5.74, 6) is 0.521. The van der Waals surface area contributed by atoms with Crippen LogP contribution in [0.2, 0.25) is 0 Å². The van der Waals surface area contributed by atoms with E-state index in [1.54, 1.807) is 59.8 Å². The average molecular weight is 309 g/mol. The number of hydrogen-bond donors (Lipinski definition) is 1. The summed E-state index contributed by atoms with van der Waals surface area (Å²) in [6.45, 7) is 2.27. The molecule has 0 unspecified atom stereocenters. The van der Waals surface area contributed by atoms with E-state index in [-0.39, 0.29) is 5.91 Å². The largest absolute Gasteiger partial charge is 0.477 e. The Bertz CT molecular complexity index is 802. The van der Waals surface area contributed by atoms with E-state index in [1.165, 1.54) is 0 Å². The van der Waals surface area contributed by atoms with Crippen LogP contribution in [-0.4, -0.2) is 32.3 Å². The Morgan fingerprint density at radius 1 is 1.17 bits per heavy atom. The maximum atomic E-state index is 12.5. The number of pyridine rings is 2. The normalized spacial score (nSPS) is 10.3. The fourth-order valence-electron chi connectivity index (χ4n) is 2.08. The molecule has 0 aliphatic rings.